The molecule has 1 N–H and O–H groups in total. The Hall–Kier alpha value is -1.11. The highest BCUT2D eigenvalue weighted by Gasteiger charge is 2.27. The van der Waals surface area contributed by atoms with Crippen molar-refractivity contribution in [1.82, 2.24) is 20.2 Å². The first-order valence-electron chi connectivity index (χ1n) is 9.26. The molecule has 1 saturated heterocycles. The van der Waals surface area contributed by atoms with Gasteiger partial charge in [0.15, 0.2) is 0 Å². The molecule has 0 radical (unpaired) electrons. The van der Waals surface area contributed by atoms with E-state index < -0.39 is 0 Å². The lowest BCUT2D eigenvalue weighted by Crippen LogP contribution is -2.44. The van der Waals surface area contributed by atoms with E-state index in [1.54, 1.807) is 5.57 Å². The van der Waals surface area contributed by atoms with Gasteiger partial charge in [-0.2, -0.15) is 0 Å². The van der Waals surface area contributed by atoms with Crippen LogP contribution < -0.4 is 5.43 Å². The van der Waals surface area contributed by atoms with Crippen LogP contribution in [0, 0.1) is 0 Å². The standard InChI is InChI=1S/C19H27ClN4O/c20-18-3-1-2-16(12-18)13-23-5-4-17-14-24(21-19(17)15-23)7-6-22-8-10-25-11-9-22/h1-3,12,21H,4-11,13-15H2. The Kier molecular flexibility index (Phi) is 5.58. The molecule has 6 heteroatoms. The van der Waals surface area contributed by atoms with Crippen LogP contribution in [0.15, 0.2) is 35.5 Å². The fourth-order valence-electron chi connectivity index (χ4n) is 3.86. The predicted octanol–water partition coefficient (Wildman–Crippen LogP) is 1.95. The summed E-state index contributed by atoms with van der Waals surface area (Å²) in [4.78, 5) is 5.00. The lowest BCUT2D eigenvalue weighted by atomic mass is 10.1. The van der Waals surface area contributed by atoms with Crippen LogP contribution in [-0.4, -0.2) is 73.8 Å². The Morgan fingerprint density at radius 1 is 1.04 bits per heavy atom. The van der Waals surface area contributed by atoms with E-state index in [2.05, 4.69) is 32.4 Å². The molecule has 136 valence electrons. The summed E-state index contributed by atoms with van der Waals surface area (Å²) in [6.45, 7) is 10.2. The third-order valence-corrected chi connectivity index (χ3v) is 5.53. The molecule has 3 heterocycles. The second-order valence-electron chi connectivity index (χ2n) is 7.16. The molecule has 0 bridgehead atoms. The lowest BCUT2D eigenvalue weighted by Gasteiger charge is -2.29. The zero-order valence-electron chi connectivity index (χ0n) is 14.7. The first-order chi connectivity index (χ1) is 12.3. The van der Waals surface area contributed by atoms with E-state index >= 15 is 0 Å². The average molecular weight is 363 g/mol. The molecule has 0 aliphatic carbocycles. The van der Waals surface area contributed by atoms with E-state index in [0.717, 1.165) is 77.0 Å². The number of hydrogen-bond donors (Lipinski definition) is 1. The van der Waals surface area contributed by atoms with Crippen molar-refractivity contribution < 1.29 is 4.74 Å². The number of nitrogens with one attached hydrogen (secondary N) is 1. The molecular weight excluding hydrogens is 336 g/mol. The van der Waals surface area contributed by atoms with Gasteiger partial charge in [-0.3, -0.25) is 9.80 Å². The summed E-state index contributed by atoms with van der Waals surface area (Å²) in [5.74, 6) is 0. The lowest BCUT2D eigenvalue weighted by molar-refractivity contribution is 0.0324. The maximum atomic E-state index is 6.11. The second-order valence-corrected chi connectivity index (χ2v) is 7.60. The van der Waals surface area contributed by atoms with Crippen molar-refractivity contribution in [3.05, 3.63) is 46.1 Å². The molecule has 3 aliphatic heterocycles. The molecule has 1 fully saturated rings. The Morgan fingerprint density at radius 3 is 2.76 bits per heavy atom. The fourth-order valence-corrected chi connectivity index (χ4v) is 4.07. The molecular formula is C19H27ClN4O. The molecule has 0 spiro atoms. The first kappa shape index (κ1) is 17.3. The first-order valence-corrected chi connectivity index (χ1v) is 9.63. The van der Waals surface area contributed by atoms with Crippen molar-refractivity contribution >= 4 is 11.6 Å². The molecule has 5 nitrogen and oxygen atoms in total. The number of halogens is 1. The summed E-state index contributed by atoms with van der Waals surface area (Å²) in [7, 11) is 0. The molecule has 3 aliphatic rings. The van der Waals surface area contributed by atoms with Gasteiger partial charge >= 0.3 is 0 Å². The molecule has 4 rings (SSSR count). The number of rotatable bonds is 5. The summed E-state index contributed by atoms with van der Waals surface area (Å²) in [6, 6.07) is 8.20. The molecule has 0 amide bonds. The zero-order chi connectivity index (χ0) is 17.1. The maximum Gasteiger partial charge on any atom is 0.0594 e. The van der Waals surface area contributed by atoms with Gasteiger partial charge in [-0.1, -0.05) is 23.7 Å². The highest BCUT2D eigenvalue weighted by molar-refractivity contribution is 6.30. The number of hydrazine groups is 1. The van der Waals surface area contributed by atoms with Crippen molar-refractivity contribution in [1.29, 1.82) is 0 Å². The molecule has 1 aromatic rings. The van der Waals surface area contributed by atoms with Crippen molar-refractivity contribution in [2.24, 2.45) is 0 Å². The Morgan fingerprint density at radius 2 is 1.92 bits per heavy atom. The van der Waals surface area contributed by atoms with Gasteiger partial charge in [0.25, 0.3) is 0 Å². The van der Waals surface area contributed by atoms with Crippen LogP contribution in [0.1, 0.15) is 12.0 Å². The Bertz CT molecular complexity index is 630. The number of hydrogen-bond acceptors (Lipinski definition) is 5. The van der Waals surface area contributed by atoms with Crippen molar-refractivity contribution in [2.45, 2.75) is 13.0 Å². The minimum atomic E-state index is 0.822. The maximum absolute atomic E-state index is 6.11. The van der Waals surface area contributed by atoms with Crippen molar-refractivity contribution in [2.75, 3.05) is 59.0 Å². The Labute approximate surface area is 155 Å². The minimum absolute atomic E-state index is 0.822. The zero-order valence-corrected chi connectivity index (χ0v) is 15.5. The van der Waals surface area contributed by atoms with E-state index in [-0.39, 0.29) is 0 Å². The van der Waals surface area contributed by atoms with Gasteiger partial charge in [0.2, 0.25) is 0 Å². The van der Waals surface area contributed by atoms with Gasteiger partial charge in [-0.05, 0) is 29.7 Å². The van der Waals surface area contributed by atoms with Gasteiger partial charge in [0, 0.05) is 63.1 Å². The number of morpholine rings is 1. The number of ether oxygens (including phenoxy) is 1. The van der Waals surface area contributed by atoms with Gasteiger partial charge in [0.1, 0.15) is 0 Å². The van der Waals surface area contributed by atoms with E-state index in [1.165, 1.54) is 11.3 Å². The van der Waals surface area contributed by atoms with Gasteiger partial charge in [-0.15, -0.1) is 0 Å². The van der Waals surface area contributed by atoms with Crippen molar-refractivity contribution in [3.63, 3.8) is 0 Å². The number of nitrogens with zero attached hydrogens (tertiary/aromatic N) is 3. The topological polar surface area (TPSA) is 31.0 Å². The molecule has 0 atom stereocenters. The van der Waals surface area contributed by atoms with Crippen molar-refractivity contribution in [3.8, 4) is 0 Å². The van der Waals surface area contributed by atoms with Gasteiger partial charge in [-0.25, -0.2) is 5.01 Å². The summed E-state index contributed by atoms with van der Waals surface area (Å²) in [5.41, 5.74) is 7.94. The van der Waals surface area contributed by atoms with Crippen LogP contribution in [-0.2, 0) is 11.3 Å². The third-order valence-electron chi connectivity index (χ3n) is 5.30. The number of benzene rings is 1. The van der Waals surface area contributed by atoms with Gasteiger partial charge < -0.3 is 10.2 Å². The third kappa shape index (κ3) is 4.54. The van der Waals surface area contributed by atoms with E-state index in [9.17, 15) is 0 Å². The van der Waals surface area contributed by atoms with E-state index in [0.29, 0.717) is 0 Å². The normalized spacial score (nSPS) is 22.9. The van der Waals surface area contributed by atoms with Crippen LogP contribution in [0.25, 0.3) is 0 Å². The SMILES string of the molecule is Clc1cccc(CN2CCC3=C(C2)NN(CCN2CCOCC2)C3)c1. The average Bonchev–Trinajstić information content (AvgIpc) is 3.03. The summed E-state index contributed by atoms with van der Waals surface area (Å²) in [5, 5.41) is 3.20. The van der Waals surface area contributed by atoms with Crippen LogP contribution in [0.3, 0.4) is 0 Å². The molecule has 0 saturated carbocycles. The second kappa shape index (κ2) is 8.06. The molecule has 0 unspecified atom stereocenters. The van der Waals surface area contributed by atoms with Crippen LogP contribution in [0.4, 0.5) is 0 Å². The van der Waals surface area contributed by atoms with Gasteiger partial charge in [0.05, 0.1) is 13.2 Å². The largest absolute Gasteiger partial charge is 0.379 e. The fraction of sp³-hybridized carbons (Fsp3) is 0.579. The van der Waals surface area contributed by atoms with Crippen LogP contribution in [0.5, 0.6) is 0 Å². The highest BCUT2D eigenvalue weighted by atomic mass is 35.5. The van der Waals surface area contributed by atoms with E-state index in [4.69, 9.17) is 16.3 Å². The smallest absolute Gasteiger partial charge is 0.0594 e. The monoisotopic (exact) mass is 362 g/mol. The van der Waals surface area contributed by atoms with E-state index in [1.807, 2.05) is 12.1 Å². The minimum Gasteiger partial charge on any atom is -0.379 e. The summed E-state index contributed by atoms with van der Waals surface area (Å²) >= 11 is 6.11. The summed E-state index contributed by atoms with van der Waals surface area (Å²) < 4.78 is 5.42. The Balaban J connectivity index is 1.26. The quantitative estimate of drug-likeness (QED) is 0.865. The van der Waals surface area contributed by atoms with Crippen LogP contribution in [0.2, 0.25) is 5.02 Å². The molecule has 0 aromatic heterocycles. The highest BCUT2D eigenvalue weighted by Crippen LogP contribution is 2.24. The van der Waals surface area contributed by atoms with Crippen LogP contribution >= 0.6 is 11.6 Å². The predicted molar refractivity (Wildman–Crippen MR) is 100 cm³/mol. The summed E-state index contributed by atoms with van der Waals surface area (Å²) in [6.07, 6.45) is 1.16. The molecule has 25 heavy (non-hydrogen) atoms. The molecule has 1 aromatic carbocycles.